The van der Waals surface area contributed by atoms with E-state index in [-0.39, 0.29) is 30.0 Å². The number of carbonyl (C=O) groups is 4. The molecule has 104 valence electrons. The van der Waals surface area contributed by atoms with Gasteiger partial charge in [-0.1, -0.05) is 0 Å². The van der Waals surface area contributed by atoms with E-state index in [9.17, 15) is 19.2 Å². The summed E-state index contributed by atoms with van der Waals surface area (Å²) in [6.45, 7) is 1.01. The van der Waals surface area contributed by atoms with Gasteiger partial charge in [-0.15, -0.1) is 0 Å². The van der Waals surface area contributed by atoms with Gasteiger partial charge in [-0.05, 0) is 19.1 Å². The molecular formula is C12H11N3O5. The van der Waals surface area contributed by atoms with Crippen LogP contribution in [0.25, 0.3) is 0 Å². The number of carbonyl (C=O) groups excluding carboxylic acids is 3. The molecule has 0 aromatic carbocycles. The van der Waals surface area contributed by atoms with Crippen molar-refractivity contribution in [2.75, 3.05) is 13.1 Å². The van der Waals surface area contributed by atoms with Crippen molar-refractivity contribution in [2.45, 2.75) is 6.92 Å². The fraction of sp³-hybridized carbons (Fsp3) is 0.250. The number of aromatic nitrogens is 1. The molecule has 0 aliphatic carbocycles. The van der Waals surface area contributed by atoms with Crippen LogP contribution in [0, 0.1) is 6.92 Å². The van der Waals surface area contributed by atoms with Crippen LogP contribution in [0.5, 0.6) is 0 Å². The molecule has 1 aliphatic heterocycles. The Kier molecular flexibility index (Phi) is 3.47. The zero-order valence-corrected chi connectivity index (χ0v) is 10.5. The molecule has 8 nitrogen and oxygen atoms in total. The number of aryl methyl sites for hydroxylation is 1. The highest BCUT2D eigenvalue weighted by Crippen LogP contribution is 2.10. The summed E-state index contributed by atoms with van der Waals surface area (Å²) in [5, 5.41) is 11.0. The molecule has 2 N–H and O–H groups in total. The average Bonchev–Trinajstić information content (AvgIpc) is 2.36. The Balaban J connectivity index is 2.25. The molecule has 0 unspecified atom stereocenters. The van der Waals surface area contributed by atoms with Crippen molar-refractivity contribution in [1.82, 2.24) is 15.2 Å². The van der Waals surface area contributed by atoms with Crippen molar-refractivity contribution in [3.63, 3.8) is 0 Å². The standard InChI is InChI=1S/C12H11N3O5/c1-6-7(12(19)20)2-3-8(13-6)11(18)15-4-9(16)14-10(17)5-15/h2-3H,4-5H2,1H3,(H,19,20)(H,14,16,17). The minimum absolute atomic E-state index is 0.00463. The normalized spacial score (nSPS) is 14.9. The predicted molar refractivity (Wildman–Crippen MR) is 65.0 cm³/mol. The lowest BCUT2D eigenvalue weighted by Crippen LogP contribution is -2.53. The van der Waals surface area contributed by atoms with Gasteiger partial charge in [0.1, 0.15) is 18.8 Å². The summed E-state index contributed by atoms with van der Waals surface area (Å²) in [5.74, 6) is -2.85. The predicted octanol–water partition coefficient (Wildman–Crippen LogP) is -0.813. The summed E-state index contributed by atoms with van der Waals surface area (Å²) in [4.78, 5) is 50.3. The topological polar surface area (TPSA) is 117 Å². The highest BCUT2D eigenvalue weighted by Gasteiger charge is 2.28. The van der Waals surface area contributed by atoms with E-state index in [1.165, 1.54) is 19.1 Å². The molecule has 0 saturated carbocycles. The van der Waals surface area contributed by atoms with E-state index >= 15 is 0 Å². The van der Waals surface area contributed by atoms with Gasteiger partial charge in [-0.3, -0.25) is 19.7 Å². The summed E-state index contributed by atoms with van der Waals surface area (Å²) in [5.41, 5.74) is 0.181. The fourth-order valence-corrected chi connectivity index (χ4v) is 1.85. The van der Waals surface area contributed by atoms with Crippen molar-refractivity contribution in [1.29, 1.82) is 0 Å². The van der Waals surface area contributed by atoms with Gasteiger partial charge in [-0.25, -0.2) is 9.78 Å². The number of rotatable bonds is 2. The number of aromatic carboxylic acids is 1. The van der Waals surface area contributed by atoms with E-state index in [0.717, 1.165) is 4.90 Å². The third-order valence-corrected chi connectivity index (χ3v) is 2.77. The summed E-state index contributed by atoms with van der Waals surface area (Å²) < 4.78 is 0. The third-order valence-electron chi connectivity index (χ3n) is 2.77. The number of hydrogen-bond acceptors (Lipinski definition) is 5. The number of piperazine rings is 1. The van der Waals surface area contributed by atoms with Gasteiger partial charge < -0.3 is 10.0 Å². The van der Waals surface area contributed by atoms with Gasteiger partial charge in [0.05, 0.1) is 11.3 Å². The largest absolute Gasteiger partial charge is 0.478 e. The molecule has 0 atom stereocenters. The summed E-state index contributed by atoms with van der Waals surface area (Å²) in [6.07, 6.45) is 0. The molecule has 1 aromatic heterocycles. The molecule has 0 bridgehead atoms. The number of pyridine rings is 1. The second kappa shape index (κ2) is 5.08. The minimum atomic E-state index is -1.14. The molecule has 1 aliphatic rings. The first-order valence-electron chi connectivity index (χ1n) is 5.71. The van der Waals surface area contributed by atoms with Crippen LogP contribution in [0.15, 0.2) is 12.1 Å². The Morgan fingerprint density at radius 3 is 2.35 bits per heavy atom. The van der Waals surface area contributed by atoms with Crippen LogP contribution in [0.2, 0.25) is 0 Å². The smallest absolute Gasteiger partial charge is 0.337 e. The Hall–Kier alpha value is -2.77. The van der Waals surface area contributed by atoms with Crippen molar-refractivity contribution in [2.24, 2.45) is 0 Å². The Morgan fingerprint density at radius 1 is 1.25 bits per heavy atom. The van der Waals surface area contributed by atoms with Crippen LogP contribution >= 0.6 is 0 Å². The lowest BCUT2D eigenvalue weighted by molar-refractivity contribution is -0.135. The Morgan fingerprint density at radius 2 is 1.85 bits per heavy atom. The highest BCUT2D eigenvalue weighted by molar-refractivity contribution is 6.05. The molecule has 20 heavy (non-hydrogen) atoms. The van der Waals surface area contributed by atoms with Gasteiger partial charge >= 0.3 is 5.97 Å². The molecule has 0 radical (unpaired) electrons. The van der Waals surface area contributed by atoms with Crippen LogP contribution in [0.1, 0.15) is 26.5 Å². The van der Waals surface area contributed by atoms with E-state index in [4.69, 9.17) is 5.11 Å². The number of carboxylic acid groups (broad SMARTS) is 1. The van der Waals surface area contributed by atoms with Gasteiger partial charge in [0.15, 0.2) is 0 Å². The van der Waals surface area contributed by atoms with Crippen molar-refractivity contribution in [3.05, 3.63) is 29.1 Å². The molecule has 1 saturated heterocycles. The van der Waals surface area contributed by atoms with Gasteiger partial charge in [0, 0.05) is 0 Å². The molecule has 0 spiro atoms. The van der Waals surface area contributed by atoms with Crippen LogP contribution in [0.3, 0.4) is 0 Å². The average molecular weight is 277 g/mol. The van der Waals surface area contributed by atoms with Crippen molar-refractivity contribution in [3.8, 4) is 0 Å². The second-order valence-corrected chi connectivity index (χ2v) is 4.27. The molecule has 8 heteroatoms. The summed E-state index contributed by atoms with van der Waals surface area (Å²) >= 11 is 0. The van der Waals surface area contributed by atoms with Crippen LogP contribution in [0.4, 0.5) is 0 Å². The monoisotopic (exact) mass is 277 g/mol. The number of amides is 3. The summed E-state index contributed by atoms with van der Waals surface area (Å²) in [7, 11) is 0. The lowest BCUT2D eigenvalue weighted by atomic mass is 10.1. The van der Waals surface area contributed by atoms with E-state index in [2.05, 4.69) is 10.3 Å². The summed E-state index contributed by atoms with van der Waals surface area (Å²) in [6, 6.07) is 2.53. The van der Waals surface area contributed by atoms with Gasteiger partial charge in [0.2, 0.25) is 11.8 Å². The maximum Gasteiger partial charge on any atom is 0.337 e. The van der Waals surface area contributed by atoms with E-state index in [1.807, 2.05) is 0 Å². The SMILES string of the molecule is Cc1nc(C(=O)N2CC(=O)NC(=O)C2)ccc1C(=O)O. The minimum Gasteiger partial charge on any atom is -0.478 e. The van der Waals surface area contributed by atoms with Gasteiger partial charge in [-0.2, -0.15) is 0 Å². The molecular weight excluding hydrogens is 266 g/mol. The van der Waals surface area contributed by atoms with E-state index in [1.54, 1.807) is 0 Å². The highest BCUT2D eigenvalue weighted by atomic mass is 16.4. The Bertz CT molecular complexity index is 610. The van der Waals surface area contributed by atoms with Gasteiger partial charge in [0.25, 0.3) is 5.91 Å². The molecule has 3 amide bonds. The first-order chi connectivity index (χ1) is 9.38. The van der Waals surface area contributed by atoms with Crippen molar-refractivity contribution < 1.29 is 24.3 Å². The van der Waals surface area contributed by atoms with Crippen LogP contribution in [-0.4, -0.2) is 51.8 Å². The maximum absolute atomic E-state index is 12.1. The number of nitrogens with one attached hydrogen (secondary N) is 1. The number of nitrogens with zero attached hydrogens (tertiary/aromatic N) is 2. The maximum atomic E-state index is 12.1. The first kappa shape index (κ1) is 13.7. The first-order valence-corrected chi connectivity index (χ1v) is 5.71. The third kappa shape index (κ3) is 2.63. The molecule has 2 heterocycles. The number of carboxylic acids is 1. The number of hydrogen-bond donors (Lipinski definition) is 2. The zero-order chi connectivity index (χ0) is 14.9. The van der Waals surface area contributed by atoms with E-state index < -0.39 is 23.7 Å². The second-order valence-electron chi connectivity index (χ2n) is 4.27. The van der Waals surface area contributed by atoms with Crippen LogP contribution in [-0.2, 0) is 9.59 Å². The Labute approximate surface area is 113 Å². The fourth-order valence-electron chi connectivity index (χ4n) is 1.85. The van der Waals surface area contributed by atoms with E-state index in [0.29, 0.717) is 0 Å². The zero-order valence-electron chi connectivity index (χ0n) is 10.5. The number of imide groups is 1. The van der Waals surface area contributed by atoms with Crippen LogP contribution < -0.4 is 5.32 Å². The molecule has 1 fully saturated rings. The van der Waals surface area contributed by atoms with Crippen molar-refractivity contribution >= 4 is 23.7 Å². The molecule has 1 aromatic rings. The quantitative estimate of drug-likeness (QED) is 0.683. The molecule has 2 rings (SSSR count). The lowest BCUT2D eigenvalue weighted by Gasteiger charge is -2.25.